The lowest BCUT2D eigenvalue weighted by molar-refractivity contribution is -0.118. The van der Waals surface area contributed by atoms with Crippen LogP contribution in [0.15, 0.2) is 35.1 Å². The lowest BCUT2D eigenvalue weighted by Crippen LogP contribution is -2.33. The van der Waals surface area contributed by atoms with Crippen molar-refractivity contribution in [1.82, 2.24) is 4.98 Å². The standard InChI is InChI=1S/C20H24N2O2/c1-5-17(23)22-12-20(3,4)18-16(22)11-15(19(24)21-18)10-14-8-6-13(2)7-9-14/h6-9,11H,5,10,12H2,1-4H3,(H,21,24). The summed E-state index contributed by atoms with van der Waals surface area (Å²) in [7, 11) is 0. The molecular formula is C20H24N2O2. The third-order valence-electron chi connectivity index (χ3n) is 4.74. The molecule has 0 saturated heterocycles. The number of hydrogen-bond acceptors (Lipinski definition) is 2. The molecule has 1 aromatic carbocycles. The summed E-state index contributed by atoms with van der Waals surface area (Å²) < 4.78 is 0. The Labute approximate surface area is 142 Å². The van der Waals surface area contributed by atoms with Gasteiger partial charge in [-0.25, -0.2) is 0 Å². The van der Waals surface area contributed by atoms with Crippen molar-refractivity contribution in [3.05, 3.63) is 63.1 Å². The second-order valence-corrected chi connectivity index (χ2v) is 7.26. The van der Waals surface area contributed by atoms with Crippen LogP contribution >= 0.6 is 0 Å². The van der Waals surface area contributed by atoms with Crippen molar-refractivity contribution in [2.75, 3.05) is 11.4 Å². The molecule has 0 unspecified atom stereocenters. The summed E-state index contributed by atoms with van der Waals surface area (Å²) in [4.78, 5) is 29.7. The van der Waals surface area contributed by atoms with E-state index in [0.717, 1.165) is 16.9 Å². The maximum atomic E-state index is 12.5. The van der Waals surface area contributed by atoms with Crippen LogP contribution in [0.25, 0.3) is 0 Å². The maximum Gasteiger partial charge on any atom is 0.251 e. The van der Waals surface area contributed by atoms with Crippen LogP contribution in [0.2, 0.25) is 0 Å². The molecular weight excluding hydrogens is 300 g/mol. The summed E-state index contributed by atoms with van der Waals surface area (Å²) in [6, 6.07) is 10.1. The highest BCUT2D eigenvalue weighted by Gasteiger charge is 2.38. The number of H-pyrrole nitrogens is 1. The Morgan fingerprint density at radius 2 is 1.92 bits per heavy atom. The molecule has 4 nitrogen and oxygen atoms in total. The number of benzene rings is 1. The lowest BCUT2D eigenvalue weighted by atomic mass is 9.91. The summed E-state index contributed by atoms with van der Waals surface area (Å²) in [5, 5.41) is 0. The summed E-state index contributed by atoms with van der Waals surface area (Å²) >= 11 is 0. The predicted octanol–water partition coefficient (Wildman–Crippen LogP) is 3.31. The Balaban J connectivity index is 2.03. The van der Waals surface area contributed by atoms with E-state index in [1.165, 1.54) is 5.56 Å². The molecule has 0 atom stereocenters. The molecule has 2 aromatic rings. The van der Waals surface area contributed by atoms with E-state index in [1.807, 2.05) is 49.1 Å². The first-order chi connectivity index (χ1) is 11.3. The highest BCUT2D eigenvalue weighted by atomic mass is 16.2. The van der Waals surface area contributed by atoms with Crippen LogP contribution < -0.4 is 10.5 Å². The smallest absolute Gasteiger partial charge is 0.251 e. The fourth-order valence-corrected chi connectivity index (χ4v) is 3.32. The zero-order valence-electron chi connectivity index (χ0n) is 14.8. The average molecular weight is 324 g/mol. The molecule has 2 heterocycles. The minimum atomic E-state index is -0.234. The number of nitrogens with zero attached hydrogens (tertiary/aromatic N) is 1. The minimum absolute atomic E-state index is 0.0619. The molecule has 1 aliphatic rings. The molecule has 0 spiro atoms. The first-order valence-electron chi connectivity index (χ1n) is 8.44. The van der Waals surface area contributed by atoms with Crippen LogP contribution in [0.4, 0.5) is 5.69 Å². The van der Waals surface area contributed by atoms with E-state index in [2.05, 4.69) is 18.8 Å². The number of aromatic nitrogens is 1. The Morgan fingerprint density at radius 3 is 2.54 bits per heavy atom. The van der Waals surface area contributed by atoms with E-state index in [9.17, 15) is 9.59 Å². The highest BCUT2D eigenvalue weighted by molar-refractivity contribution is 5.95. The van der Waals surface area contributed by atoms with Gasteiger partial charge in [0, 0.05) is 36.1 Å². The van der Waals surface area contributed by atoms with Crippen molar-refractivity contribution in [2.45, 2.75) is 46.0 Å². The topological polar surface area (TPSA) is 53.2 Å². The third kappa shape index (κ3) is 2.88. The number of anilines is 1. The van der Waals surface area contributed by atoms with Gasteiger partial charge in [-0.2, -0.15) is 0 Å². The van der Waals surface area contributed by atoms with Gasteiger partial charge in [0.05, 0.1) is 5.69 Å². The van der Waals surface area contributed by atoms with Gasteiger partial charge >= 0.3 is 0 Å². The van der Waals surface area contributed by atoms with Crippen molar-refractivity contribution in [2.24, 2.45) is 0 Å². The second kappa shape index (κ2) is 5.93. The Hall–Kier alpha value is -2.36. The zero-order chi connectivity index (χ0) is 17.5. The number of carbonyl (C=O) groups excluding carboxylic acids is 1. The molecule has 24 heavy (non-hydrogen) atoms. The number of aromatic amines is 1. The lowest BCUT2D eigenvalue weighted by Gasteiger charge is -2.19. The van der Waals surface area contributed by atoms with Crippen molar-refractivity contribution < 1.29 is 4.79 Å². The average Bonchev–Trinajstić information content (AvgIpc) is 2.80. The maximum absolute atomic E-state index is 12.5. The molecule has 1 amide bonds. The number of nitrogens with one attached hydrogen (secondary N) is 1. The highest BCUT2D eigenvalue weighted by Crippen LogP contribution is 2.39. The molecule has 0 saturated carbocycles. The van der Waals surface area contributed by atoms with Crippen LogP contribution in [0.5, 0.6) is 0 Å². The summed E-state index contributed by atoms with van der Waals surface area (Å²) in [6.07, 6.45) is 1.03. The number of pyridine rings is 1. The monoisotopic (exact) mass is 324 g/mol. The van der Waals surface area contributed by atoms with E-state index >= 15 is 0 Å². The van der Waals surface area contributed by atoms with Gasteiger partial charge in [0.25, 0.3) is 5.56 Å². The summed E-state index contributed by atoms with van der Waals surface area (Å²) in [6.45, 7) is 8.64. The SMILES string of the molecule is CCC(=O)N1CC(C)(C)c2[nH]c(=O)c(Cc3ccc(C)cc3)cc21. The van der Waals surface area contributed by atoms with Crippen LogP contribution in [-0.4, -0.2) is 17.4 Å². The van der Waals surface area contributed by atoms with E-state index in [0.29, 0.717) is 24.9 Å². The molecule has 3 rings (SSSR count). The Bertz CT molecular complexity index is 832. The number of aryl methyl sites for hydroxylation is 1. The summed E-state index contributed by atoms with van der Waals surface area (Å²) in [5.74, 6) is 0.0927. The van der Waals surface area contributed by atoms with Gasteiger partial charge in [-0.3, -0.25) is 9.59 Å². The number of amides is 1. The van der Waals surface area contributed by atoms with Crippen LogP contribution in [-0.2, 0) is 16.6 Å². The van der Waals surface area contributed by atoms with E-state index in [4.69, 9.17) is 0 Å². The molecule has 0 radical (unpaired) electrons. The van der Waals surface area contributed by atoms with Gasteiger partial charge < -0.3 is 9.88 Å². The molecule has 0 fully saturated rings. The number of hydrogen-bond donors (Lipinski definition) is 1. The van der Waals surface area contributed by atoms with Crippen molar-refractivity contribution in [1.29, 1.82) is 0 Å². The fraction of sp³-hybridized carbons (Fsp3) is 0.400. The van der Waals surface area contributed by atoms with Gasteiger partial charge in [-0.15, -0.1) is 0 Å². The van der Waals surface area contributed by atoms with Gasteiger partial charge in [-0.05, 0) is 18.6 Å². The first kappa shape index (κ1) is 16.5. The minimum Gasteiger partial charge on any atom is -0.323 e. The molecule has 1 N–H and O–H groups in total. The van der Waals surface area contributed by atoms with E-state index in [-0.39, 0.29) is 16.9 Å². The van der Waals surface area contributed by atoms with E-state index < -0.39 is 0 Å². The molecule has 1 aromatic heterocycles. The van der Waals surface area contributed by atoms with Gasteiger partial charge in [0.15, 0.2) is 0 Å². The zero-order valence-corrected chi connectivity index (χ0v) is 14.8. The molecule has 1 aliphatic heterocycles. The largest absolute Gasteiger partial charge is 0.323 e. The number of carbonyl (C=O) groups is 1. The van der Waals surface area contributed by atoms with Crippen molar-refractivity contribution >= 4 is 11.6 Å². The number of fused-ring (bicyclic) bond motifs is 1. The quantitative estimate of drug-likeness (QED) is 0.942. The molecule has 0 aliphatic carbocycles. The van der Waals surface area contributed by atoms with Crippen molar-refractivity contribution in [3.8, 4) is 0 Å². The third-order valence-corrected chi connectivity index (χ3v) is 4.74. The number of rotatable bonds is 3. The predicted molar refractivity (Wildman–Crippen MR) is 96.7 cm³/mol. The molecule has 0 bridgehead atoms. The van der Waals surface area contributed by atoms with E-state index in [1.54, 1.807) is 0 Å². The Kier molecular flexibility index (Phi) is 4.08. The van der Waals surface area contributed by atoms with Crippen LogP contribution in [0.3, 0.4) is 0 Å². The van der Waals surface area contributed by atoms with Gasteiger partial charge in [0.1, 0.15) is 0 Å². The second-order valence-electron chi connectivity index (χ2n) is 7.26. The summed E-state index contributed by atoms with van der Waals surface area (Å²) in [5.41, 5.74) is 4.41. The molecule has 4 heteroatoms. The van der Waals surface area contributed by atoms with Gasteiger partial charge in [0.2, 0.25) is 5.91 Å². The first-order valence-corrected chi connectivity index (χ1v) is 8.44. The molecule has 126 valence electrons. The van der Waals surface area contributed by atoms with Crippen LogP contribution in [0, 0.1) is 6.92 Å². The van der Waals surface area contributed by atoms with Gasteiger partial charge in [-0.1, -0.05) is 50.6 Å². The normalized spacial score (nSPS) is 15.4. The fourth-order valence-electron chi connectivity index (χ4n) is 3.32. The van der Waals surface area contributed by atoms with Crippen LogP contribution in [0.1, 0.15) is 49.6 Å². The Morgan fingerprint density at radius 1 is 1.25 bits per heavy atom. The van der Waals surface area contributed by atoms with Crippen molar-refractivity contribution in [3.63, 3.8) is 0 Å².